The molecule has 18 heavy (non-hydrogen) atoms. The predicted octanol–water partition coefficient (Wildman–Crippen LogP) is 3.57. The summed E-state index contributed by atoms with van der Waals surface area (Å²) in [4.78, 5) is 15.5. The van der Waals surface area contributed by atoms with Crippen molar-refractivity contribution in [3.05, 3.63) is 0 Å². The van der Waals surface area contributed by atoms with Gasteiger partial charge in [-0.25, -0.2) is 4.79 Å². The number of oxime groups is 1. The lowest BCUT2D eigenvalue weighted by Gasteiger charge is -2.08. The summed E-state index contributed by atoms with van der Waals surface area (Å²) >= 11 is 0. The maximum atomic E-state index is 10.8. The first kappa shape index (κ1) is 14.7. The Morgan fingerprint density at radius 3 is 2.67 bits per heavy atom. The summed E-state index contributed by atoms with van der Waals surface area (Å²) in [5.74, 6) is -0.265. The van der Waals surface area contributed by atoms with E-state index in [1.54, 1.807) is 0 Å². The van der Waals surface area contributed by atoms with Gasteiger partial charge in [-0.15, -0.1) is 0 Å². The monoisotopic (exact) mass is 250 g/mol. The average Bonchev–Trinajstić information content (AvgIpc) is 2.40. The second-order valence-electron chi connectivity index (χ2n) is 4.91. The molecule has 1 rings (SSSR count). The molecule has 0 aromatic carbocycles. The zero-order valence-corrected chi connectivity index (χ0v) is 11.2. The van der Waals surface area contributed by atoms with Gasteiger partial charge in [0, 0.05) is 12.8 Å². The number of nitriles is 1. The van der Waals surface area contributed by atoms with E-state index in [0.29, 0.717) is 0 Å². The quantitative estimate of drug-likeness (QED) is 0.528. The van der Waals surface area contributed by atoms with Crippen molar-refractivity contribution >= 4 is 11.7 Å². The van der Waals surface area contributed by atoms with Crippen LogP contribution >= 0.6 is 0 Å². The molecule has 1 atom stereocenters. The Kier molecular flexibility index (Phi) is 7.09. The third-order valence-electron chi connectivity index (χ3n) is 3.29. The van der Waals surface area contributed by atoms with Crippen molar-refractivity contribution < 1.29 is 9.63 Å². The highest BCUT2D eigenvalue weighted by Crippen LogP contribution is 2.19. The van der Waals surface area contributed by atoms with E-state index < -0.39 is 0 Å². The fraction of sp³-hybridized carbons (Fsp3) is 0.786. The Balaban J connectivity index is 2.55. The lowest BCUT2D eigenvalue weighted by atomic mass is 9.96. The summed E-state index contributed by atoms with van der Waals surface area (Å²) in [6, 6.07) is 2.36. The first-order chi connectivity index (χ1) is 8.72. The fourth-order valence-corrected chi connectivity index (χ4v) is 2.21. The number of hydrogen-bond donors (Lipinski definition) is 0. The molecule has 0 spiro atoms. The molecule has 4 nitrogen and oxygen atoms in total. The Hall–Kier alpha value is -1.37. The summed E-state index contributed by atoms with van der Waals surface area (Å²) in [6.07, 6.45) is 9.33. The third kappa shape index (κ3) is 6.39. The summed E-state index contributed by atoms with van der Waals surface area (Å²) in [6.45, 7) is 1.35. The van der Waals surface area contributed by atoms with Crippen LogP contribution in [0.15, 0.2) is 5.16 Å². The van der Waals surface area contributed by atoms with Gasteiger partial charge in [0.15, 0.2) is 0 Å². The highest BCUT2D eigenvalue weighted by atomic mass is 16.7. The van der Waals surface area contributed by atoms with Crippen LogP contribution in [0.2, 0.25) is 0 Å². The Morgan fingerprint density at radius 1 is 1.22 bits per heavy atom. The summed E-state index contributed by atoms with van der Waals surface area (Å²) < 4.78 is 0. The molecule has 1 aliphatic carbocycles. The second-order valence-corrected chi connectivity index (χ2v) is 4.91. The molecule has 1 unspecified atom stereocenters. The Morgan fingerprint density at radius 2 is 1.94 bits per heavy atom. The molecular weight excluding hydrogens is 228 g/mol. The van der Waals surface area contributed by atoms with E-state index in [4.69, 9.17) is 10.1 Å². The minimum Gasteiger partial charge on any atom is -0.319 e. The average molecular weight is 250 g/mol. The van der Waals surface area contributed by atoms with Gasteiger partial charge in [0.05, 0.1) is 11.8 Å². The molecule has 4 heteroatoms. The number of hydrogen-bond acceptors (Lipinski definition) is 4. The minimum atomic E-state index is -0.381. The van der Waals surface area contributed by atoms with E-state index in [0.717, 1.165) is 44.2 Å². The zero-order valence-electron chi connectivity index (χ0n) is 11.2. The molecule has 1 fully saturated rings. The van der Waals surface area contributed by atoms with Crippen LogP contribution in [-0.4, -0.2) is 11.7 Å². The molecule has 0 amide bonds. The van der Waals surface area contributed by atoms with Crippen molar-refractivity contribution in [3.63, 3.8) is 0 Å². The van der Waals surface area contributed by atoms with E-state index in [2.05, 4.69) is 11.2 Å². The Labute approximate surface area is 109 Å². The van der Waals surface area contributed by atoms with Gasteiger partial charge >= 0.3 is 5.97 Å². The fourth-order valence-electron chi connectivity index (χ4n) is 2.21. The molecule has 1 saturated carbocycles. The van der Waals surface area contributed by atoms with E-state index in [-0.39, 0.29) is 11.9 Å². The highest BCUT2D eigenvalue weighted by molar-refractivity contribution is 5.84. The first-order valence-corrected chi connectivity index (χ1v) is 6.85. The van der Waals surface area contributed by atoms with E-state index in [1.165, 1.54) is 26.2 Å². The van der Waals surface area contributed by atoms with Gasteiger partial charge < -0.3 is 4.84 Å². The van der Waals surface area contributed by atoms with Crippen LogP contribution in [0, 0.1) is 17.2 Å². The highest BCUT2D eigenvalue weighted by Gasteiger charge is 2.11. The molecule has 0 bridgehead atoms. The predicted molar refractivity (Wildman–Crippen MR) is 69.9 cm³/mol. The third-order valence-corrected chi connectivity index (χ3v) is 3.29. The van der Waals surface area contributed by atoms with E-state index in [9.17, 15) is 4.79 Å². The van der Waals surface area contributed by atoms with Crippen LogP contribution in [0.3, 0.4) is 0 Å². The van der Waals surface area contributed by atoms with Crippen molar-refractivity contribution in [1.82, 2.24) is 0 Å². The Bertz CT molecular complexity index is 331. The number of nitrogens with zero attached hydrogens (tertiary/aromatic N) is 2. The molecule has 0 radical (unpaired) electrons. The summed E-state index contributed by atoms with van der Waals surface area (Å²) in [7, 11) is 0. The maximum Gasteiger partial charge on any atom is 0.331 e. The van der Waals surface area contributed by atoms with Gasteiger partial charge in [-0.2, -0.15) is 5.26 Å². The molecule has 0 heterocycles. The van der Waals surface area contributed by atoms with Gasteiger partial charge in [-0.3, -0.25) is 0 Å². The number of carbonyl (C=O) groups excluding carboxylic acids is 1. The molecule has 0 N–H and O–H groups in total. The van der Waals surface area contributed by atoms with Crippen molar-refractivity contribution in [1.29, 1.82) is 5.26 Å². The van der Waals surface area contributed by atoms with Gasteiger partial charge in [0.25, 0.3) is 0 Å². The van der Waals surface area contributed by atoms with Crippen molar-refractivity contribution in [2.45, 2.75) is 64.7 Å². The van der Waals surface area contributed by atoms with E-state index in [1.807, 2.05) is 0 Å². The van der Waals surface area contributed by atoms with Gasteiger partial charge in [0.1, 0.15) is 0 Å². The standard InChI is InChI=1S/C14H22N2O2/c1-12(17)18-16-14-8-6-4-2-3-5-7-13(11-15)9-10-14/h13H,2-10H2,1H3. The first-order valence-electron chi connectivity index (χ1n) is 6.85. The minimum absolute atomic E-state index is 0.116. The van der Waals surface area contributed by atoms with Gasteiger partial charge in [-0.1, -0.05) is 30.8 Å². The molecule has 0 aromatic rings. The molecule has 0 aliphatic heterocycles. The lowest BCUT2D eigenvalue weighted by Crippen LogP contribution is -2.05. The van der Waals surface area contributed by atoms with Crippen molar-refractivity contribution in [3.8, 4) is 6.07 Å². The van der Waals surface area contributed by atoms with Gasteiger partial charge in [0.2, 0.25) is 0 Å². The largest absolute Gasteiger partial charge is 0.331 e. The topological polar surface area (TPSA) is 62.4 Å². The van der Waals surface area contributed by atoms with Crippen molar-refractivity contribution in [2.75, 3.05) is 0 Å². The van der Waals surface area contributed by atoms with Crippen LogP contribution in [0.25, 0.3) is 0 Å². The van der Waals surface area contributed by atoms with Crippen LogP contribution in [0.4, 0.5) is 0 Å². The van der Waals surface area contributed by atoms with Crippen LogP contribution in [0.1, 0.15) is 64.7 Å². The zero-order chi connectivity index (χ0) is 13.2. The SMILES string of the molecule is CC(=O)ON=C1CCCCCCCC(C#N)CC1. The number of rotatable bonds is 1. The maximum absolute atomic E-state index is 10.8. The van der Waals surface area contributed by atoms with Crippen LogP contribution < -0.4 is 0 Å². The van der Waals surface area contributed by atoms with Crippen LogP contribution in [-0.2, 0) is 9.63 Å². The summed E-state index contributed by atoms with van der Waals surface area (Å²) in [5, 5.41) is 13.0. The molecule has 1 aliphatic rings. The summed E-state index contributed by atoms with van der Waals surface area (Å²) in [5.41, 5.74) is 0.923. The van der Waals surface area contributed by atoms with Crippen molar-refractivity contribution in [2.24, 2.45) is 11.1 Å². The number of carbonyl (C=O) groups is 1. The lowest BCUT2D eigenvalue weighted by molar-refractivity contribution is -0.140. The van der Waals surface area contributed by atoms with E-state index >= 15 is 0 Å². The molecule has 100 valence electrons. The van der Waals surface area contributed by atoms with Gasteiger partial charge in [-0.05, 0) is 32.1 Å². The smallest absolute Gasteiger partial charge is 0.319 e. The second kappa shape index (κ2) is 8.68. The molecular formula is C14H22N2O2. The van der Waals surface area contributed by atoms with Crippen LogP contribution in [0.5, 0.6) is 0 Å². The molecule has 0 saturated heterocycles. The molecule has 0 aromatic heterocycles. The normalized spacial score (nSPS) is 24.9.